The average Bonchev–Trinajstić information content (AvgIpc) is 2.87. The highest BCUT2D eigenvalue weighted by Gasteiger charge is 2.37. The summed E-state index contributed by atoms with van der Waals surface area (Å²) in [6.45, 7) is 4.71. The first-order chi connectivity index (χ1) is 9.06. The molecule has 0 bridgehead atoms. The second-order valence-electron chi connectivity index (χ2n) is 5.57. The minimum Gasteiger partial charge on any atom is -0.343 e. The molecule has 1 aromatic carbocycles. The van der Waals surface area contributed by atoms with Crippen molar-refractivity contribution in [1.29, 1.82) is 0 Å². The zero-order valence-corrected chi connectivity index (χ0v) is 11.1. The predicted octanol–water partition coefficient (Wildman–Crippen LogP) is 3.11. The molecule has 0 saturated carbocycles. The third-order valence-electron chi connectivity index (χ3n) is 3.43. The lowest BCUT2D eigenvalue weighted by molar-refractivity contribution is 0.0861. The van der Waals surface area contributed by atoms with Crippen molar-refractivity contribution < 1.29 is 4.79 Å². The fourth-order valence-electron chi connectivity index (χ4n) is 2.41. The van der Waals surface area contributed by atoms with Gasteiger partial charge in [-0.15, -0.1) is 0 Å². The van der Waals surface area contributed by atoms with E-state index in [-0.39, 0.29) is 11.2 Å². The Balaban J connectivity index is 1.90. The third kappa shape index (κ3) is 2.08. The SMILES string of the molecule is CC1(C)Cn2cc(C#Cc3ccccc3)cc2C1=O. The Morgan fingerprint density at radius 3 is 2.47 bits per heavy atom. The molecule has 1 aliphatic heterocycles. The molecular formula is C17H15NO. The molecule has 94 valence electrons. The second kappa shape index (κ2) is 4.13. The molecule has 0 saturated heterocycles. The number of benzene rings is 1. The van der Waals surface area contributed by atoms with Gasteiger partial charge in [-0.1, -0.05) is 43.9 Å². The van der Waals surface area contributed by atoms with Crippen molar-refractivity contribution in [3.63, 3.8) is 0 Å². The van der Waals surface area contributed by atoms with Crippen molar-refractivity contribution in [1.82, 2.24) is 4.57 Å². The van der Waals surface area contributed by atoms with E-state index in [0.29, 0.717) is 0 Å². The van der Waals surface area contributed by atoms with E-state index >= 15 is 0 Å². The number of rotatable bonds is 0. The van der Waals surface area contributed by atoms with Crippen LogP contribution in [-0.4, -0.2) is 10.4 Å². The lowest BCUT2D eigenvalue weighted by atomic mass is 9.89. The van der Waals surface area contributed by atoms with E-state index in [2.05, 4.69) is 11.8 Å². The lowest BCUT2D eigenvalue weighted by Gasteiger charge is -2.12. The van der Waals surface area contributed by atoms with Gasteiger partial charge in [-0.25, -0.2) is 0 Å². The van der Waals surface area contributed by atoms with Crippen LogP contribution in [0.2, 0.25) is 0 Å². The Kier molecular flexibility index (Phi) is 2.57. The van der Waals surface area contributed by atoms with Crippen molar-refractivity contribution in [2.24, 2.45) is 5.41 Å². The van der Waals surface area contributed by atoms with Gasteiger partial charge in [-0.05, 0) is 18.2 Å². The van der Waals surface area contributed by atoms with Gasteiger partial charge in [0.2, 0.25) is 0 Å². The molecule has 2 aromatic rings. The molecule has 3 rings (SSSR count). The summed E-state index contributed by atoms with van der Waals surface area (Å²) in [5, 5.41) is 0. The summed E-state index contributed by atoms with van der Waals surface area (Å²) < 4.78 is 2.01. The Morgan fingerprint density at radius 1 is 1.11 bits per heavy atom. The van der Waals surface area contributed by atoms with Crippen molar-refractivity contribution in [2.75, 3.05) is 0 Å². The first-order valence-corrected chi connectivity index (χ1v) is 6.38. The zero-order chi connectivity index (χ0) is 13.5. The molecule has 0 aliphatic carbocycles. The summed E-state index contributed by atoms with van der Waals surface area (Å²) in [5.41, 5.74) is 2.39. The monoisotopic (exact) mass is 249 g/mol. The predicted molar refractivity (Wildman–Crippen MR) is 75.0 cm³/mol. The summed E-state index contributed by atoms with van der Waals surface area (Å²) in [7, 11) is 0. The van der Waals surface area contributed by atoms with Gasteiger partial charge < -0.3 is 4.57 Å². The molecule has 0 fully saturated rings. The highest BCUT2D eigenvalue weighted by atomic mass is 16.1. The van der Waals surface area contributed by atoms with Crippen LogP contribution >= 0.6 is 0 Å². The quantitative estimate of drug-likeness (QED) is 0.657. The molecule has 0 radical (unpaired) electrons. The van der Waals surface area contributed by atoms with Gasteiger partial charge in [0, 0.05) is 29.3 Å². The Labute approximate surface area is 113 Å². The topological polar surface area (TPSA) is 22.0 Å². The van der Waals surface area contributed by atoms with Crippen LogP contribution < -0.4 is 0 Å². The van der Waals surface area contributed by atoms with Crippen LogP contribution in [0.1, 0.15) is 35.5 Å². The maximum absolute atomic E-state index is 12.1. The standard InChI is InChI=1S/C17H15NO/c1-17(2)12-18-11-14(10-15(18)16(17)19)9-8-13-6-4-3-5-7-13/h3-7,10-11H,12H2,1-2H3. The van der Waals surface area contributed by atoms with Crippen LogP contribution in [0.15, 0.2) is 42.6 Å². The van der Waals surface area contributed by atoms with Crippen LogP contribution in [-0.2, 0) is 6.54 Å². The molecule has 1 aliphatic rings. The van der Waals surface area contributed by atoms with E-state index in [1.54, 1.807) is 0 Å². The van der Waals surface area contributed by atoms with Crippen molar-refractivity contribution in [3.05, 3.63) is 59.4 Å². The van der Waals surface area contributed by atoms with Gasteiger partial charge >= 0.3 is 0 Å². The summed E-state index contributed by atoms with van der Waals surface area (Å²) >= 11 is 0. The molecule has 19 heavy (non-hydrogen) atoms. The van der Waals surface area contributed by atoms with Gasteiger partial charge in [-0.2, -0.15) is 0 Å². The summed E-state index contributed by atoms with van der Waals surface area (Å²) in [6.07, 6.45) is 1.97. The average molecular weight is 249 g/mol. The molecule has 2 nitrogen and oxygen atoms in total. The van der Waals surface area contributed by atoms with Gasteiger partial charge in [0.25, 0.3) is 0 Å². The number of carbonyl (C=O) groups excluding carboxylic acids is 1. The highest BCUT2D eigenvalue weighted by Crippen LogP contribution is 2.32. The first kappa shape index (κ1) is 11.8. The minimum absolute atomic E-state index is 0.209. The molecule has 2 heterocycles. The molecule has 0 amide bonds. The van der Waals surface area contributed by atoms with Crippen molar-refractivity contribution >= 4 is 5.78 Å². The number of nitrogens with zero attached hydrogens (tertiary/aromatic N) is 1. The van der Waals surface area contributed by atoms with Crippen molar-refractivity contribution in [2.45, 2.75) is 20.4 Å². The van der Waals surface area contributed by atoms with E-state index in [9.17, 15) is 4.79 Å². The van der Waals surface area contributed by atoms with E-state index in [1.165, 1.54) is 0 Å². The first-order valence-electron chi connectivity index (χ1n) is 6.38. The van der Waals surface area contributed by atoms with Crippen LogP contribution in [0.25, 0.3) is 0 Å². The van der Waals surface area contributed by atoms with E-state index in [4.69, 9.17) is 0 Å². The molecule has 1 aromatic heterocycles. The maximum Gasteiger partial charge on any atom is 0.186 e. The van der Waals surface area contributed by atoms with E-state index in [0.717, 1.165) is 23.4 Å². The molecule has 0 spiro atoms. The smallest absolute Gasteiger partial charge is 0.186 e. The van der Waals surface area contributed by atoms with Crippen LogP contribution in [0.4, 0.5) is 0 Å². The van der Waals surface area contributed by atoms with Crippen LogP contribution in [0, 0.1) is 17.3 Å². The molecule has 0 N–H and O–H groups in total. The number of hydrogen-bond donors (Lipinski definition) is 0. The minimum atomic E-state index is -0.277. The maximum atomic E-state index is 12.1. The number of fused-ring (bicyclic) bond motifs is 1. The Morgan fingerprint density at radius 2 is 1.79 bits per heavy atom. The molecule has 0 atom stereocenters. The molecule has 0 unspecified atom stereocenters. The van der Waals surface area contributed by atoms with Crippen LogP contribution in [0.5, 0.6) is 0 Å². The number of carbonyl (C=O) groups is 1. The van der Waals surface area contributed by atoms with E-state index in [1.807, 2.05) is 61.0 Å². The third-order valence-corrected chi connectivity index (χ3v) is 3.43. The summed E-state index contributed by atoms with van der Waals surface area (Å²) in [6, 6.07) is 11.8. The highest BCUT2D eigenvalue weighted by molar-refractivity contribution is 6.01. The van der Waals surface area contributed by atoms with E-state index < -0.39 is 0 Å². The fraction of sp³-hybridized carbons (Fsp3) is 0.235. The van der Waals surface area contributed by atoms with Crippen LogP contribution in [0.3, 0.4) is 0 Å². The number of hydrogen-bond acceptors (Lipinski definition) is 1. The molecular weight excluding hydrogens is 234 g/mol. The number of Topliss-reactive ketones (excluding diaryl/α,β-unsaturated/α-hetero) is 1. The normalized spacial score (nSPS) is 15.8. The number of aromatic nitrogens is 1. The van der Waals surface area contributed by atoms with Gasteiger partial charge in [-0.3, -0.25) is 4.79 Å². The summed E-state index contributed by atoms with van der Waals surface area (Å²) in [5.74, 6) is 6.43. The molecule has 2 heteroatoms. The number of ketones is 1. The zero-order valence-electron chi connectivity index (χ0n) is 11.1. The largest absolute Gasteiger partial charge is 0.343 e. The Bertz CT molecular complexity index is 696. The summed E-state index contributed by atoms with van der Waals surface area (Å²) in [4.78, 5) is 12.1. The Hall–Kier alpha value is -2.27. The second-order valence-corrected chi connectivity index (χ2v) is 5.57. The van der Waals surface area contributed by atoms with Gasteiger partial charge in [0.1, 0.15) is 0 Å². The van der Waals surface area contributed by atoms with Gasteiger partial charge in [0.15, 0.2) is 5.78 Å². The van der Waals surface area contributed by atoms with Crippen molar-refractivity contribution in [3.8, 4) is 11.8 Å². The van der Waals surface area contributed by atoms with Gasteiger partial charge in [0.05, 0.1) is 5.69 Å². The lowest BCUT2D eigenvalue weighted by Crippen LogP contribution is -2.19. The fourth-order valence-corrected chi connectivity index (χ4v) is 2.41.